The van der Waals surface area contributed by atoms with Crippen molar-refractivity contribution < 1.29 is 4.74 Å². The van der Waals surface area contributed by atoms with E-state index >= 15 is 0 Å². The Morgan fingerprint density at radius 2 is 1.89 bits per heavy atom. The van der Waals surface area contributed by atoms with E-state index in [1.54, 1.807) is 0 Å². The molecule has 0 amide bonds. The van der Waals surface area contributed by atoms with Crippen LogP contribution in [-0.2, 0) is 0 Å². The maximum atomic E-state index is 6.31. The number of alkyl halides is 1. The predicted octanol–water partition coefficient (Wildman–Crippen LogP) is 6.15. The van der Waals surface area contributed by atoms with Gasteiger partial charge in [0.2, 0.25) is 0 Å². The van der Waals surface area contributed by atoms with Crippen molar-refractivity contribution in [3.05, 3.63) is 25.6 Å². The van der Waals surface area contributed by atoms with E-state index in [0.717, 1.165) is 32.0 Å². The predicted molar refractivity (Wildman–Crippen MR) is 86.6 cm³/mol. The Balaban J connectivity index is 2.21. The van der Waals surface area contributed by atoms with Crippen molar-refractivity contribution in [2.45, 2.75) is 38.2 Å². The van der Waals surface area contributed by atoms with Gasteiger partial charge in [0.05, 0.1) is 8.95 Å². The molecule has 0 aromatic heterocycles. The molecule has 100 valence electrons. The van der Waals surface area contributed by atoms with Crippen LogP contribution in [0.5, 0.6) is 5.75 Å². The number of hydrogen-bond donors (Lipinski definition) is 0. The molecule has 1 aromatic rings. The van der Waals surface area contributed by atoms with Gasteiger partial charge in [-0.15, -0.1) is 11.6 Å². The molecular weight excluding hydrogens is 447 g/mol. The third-order valence-corrected chi connectivity index (χ3v) is 6.17. The van der Waals surface area contributed by atoms with E-state index in [4.69, 9.17) is 16.3 Å². The highest BCUT2D eigenvalue weighted by molar-refractivity contribution is 9.11. The Morgan fingerprint density at radius 3 is 2.33 bits per heavy atom. The van der Waals surface area contributed by atoms with E-state index in [-0.39, 0.29) is 16.9 Å². The summed E-state index contributed by atoms with van der Waals surface area (Å²) in [6.07, 6.45) is 2.11. The van der Waals surface area contributed by atoms with Crippen LogP contribution in [0.3, 0.4) is 0 Å². The zero-order chi connectivity index (χ0) is 13.5. The molecule has 5 heteroatoms. The average molecular weight is 461 g/mol. The monoisotopic (exact) mass is 458 g/mol. The molecule has 1 aliphatic rings. The molecule has 2 rings (SSSR count). The molecule has 0 aliphatic heterocycles. The largest absolute Gasteiger partial charge is 0.487 e. The molecule has 0 saturated heterocycles. The first kappa shape index (κ1) is 15.1. The molecule has 3 atom stereocenters. The maximum Gasteiger partial charge on any atom is 0.148 e. The molecule has 0 radical (unpaired) electrons. The van der Waals surface area contributed by atoms with E-state index in [9.17, 15) is 0 Å². The van der Waals surface area contributed by atoms with Crippen molar-refractivity contribution in [1.82, 2.24) is 0 Å². The molecule has 1 fully saturated rings. The third kappa shape index (κ3) is 2.63. The van der Waals surface area contributed by atoms with Crippen LogP contribution in [0.2, 0.25) is 0 Å². The highest BCUT2D eigenvalue weighted by Gasteiger charge is 2.51. The van der Waals surface area contributed by atoms with Gasteiger partial charge in [-0.3, -0.25) is 0 Å². The molecular formula is C13H14Br3ClO. The van der Waals surface area contributed by atoms with Gasteiger partial charge in [-0.1, -0.05) is 29.8 Å². The molecule has 1 aromatic carbocycles. The van der Waals surface area contributed by atoms with E-state index in [0.29, 0.717) is 0 Å². The fourth-order valence-corrected chi connectivity index (χ4v) is 5.09. The summed E-state index contributed by atoms with van der Waals surface area (Å²) < 4.78 is 9.04. The SMILES string of the molecule is CCC1(C)C(Cl)CC1Oc1c(Br)cc(Br)cc1Br. The Labute approximate surface area is 138 Å². The fraction of sp³-hybridized carbons (Fsp3) is 0.538. The van der Waals surface area contributed by atoms with Crippen LogP contribution in [0.1, 0.15) is 26.7 Å². The Bertz CT molecular complexity index is 443. The van der Waals surface area contributed by atoms with Gasteiger partial charge in [-0.05, 0) is 50.4 Å². The molecule has 18 heavy (non-hydrogen) atoms. The van der Waals surface area contributed by atoms with Crippen molar-refractivity contribution in [1.29, 1.82) is 0 Å². The summed E-state index contributed by atoms with van der Waals surface area (Å²) in [7, 11) is 0. The smallest absolute Gasteiger partial charge is 0.148 e. The lowest BCUT2D eigenvalue weighted by molar-refractivity contribution is -0.0303. The van der Waals surface area contributed by atoms with Crippen LogP contribution in [0.15, 0.2) is 25.6 Å². The molecule has 0 heterocycles. The summed E-state index contributed by atoms with van der Waals surface area (Å²) >= 11 is 16.8. The third-order valence-electron chi connectivity index (χ3n) is 3.86. The highest BCUT2D eigenvalue weighted by atomic mass is 79.9. The standard InChI is InChI=1S/C13H14Br3ClO/c1-3-13(2)10(17)6-11(13)18-12-8(15)4-7(14)5-9(12)16/h4-5,10-11H,3,6H2,1-2H3. The second-order valence-corrected chi connectivity index (χ2v) is 8.02. The van der Waals surface area contributed by atoms with E-state index < -0.39 is 0 Å². The summed E-state index contributed by atoms with van der Waals surface area (Å²) in [5.74, 6) is 0.853. The van der Waals surface area contributed by atoms with Gasteiger partial charge in [0.25, 0.3) is 0 Å². The average Bonchev–Trinajstić information content (AvgIpc) is 2.30. The highest BCUT2D eigenvalue weighted by Crippen LogP contribution is 2.50. The van der Waals surface area contributed by atoms with Crippen molar-refractivity contribution in [3.8, 4) is 5.75 Å². The zero-order valence-corrected chi connectivity index (χ0v) is 15.7. The maximum absolute atomic E-state index is 6.31. The summed E-state index contributed by atoms with van der Waals surface area (Å²) in [6.45, 7) is 4.36. The topological polar surface area (TPSA) is 9.23 Å². The lowest BCUT2D eigenvalue weighted by Gasteiger charge is -2.50. The normalized spacial score (nSPS) is 31.0. The molecule has 0 N–H and O–H groups in total. The molecule has 1 nitrogen and oxygen atoms in total. The van der Waals surface area contributed by atoms with Gasteiger partial charge >= 0.3 is 0 Å². The minimum absolute atomic E-state index is 0.0630. The summed E-state index contributed by atoms with van der Waals surface area (Å²) in [5.41, 5.74) is 0.0630. The van der Waals surface area contributed by atoms with Crippen LogP contribution >= 0.6 is 59.4 Å². The first-order chi connectivity index (χ1) is 8.38. The number of ether oxygens (including phenoxy) is 1. The second kappa shape index (κ2) is 5.63. The van der Waals surface area contributed by atoms with E-state index in [1.165, 1.54) is 0 Å². The number of rotatable bonds is 3. The van der Waals surface area contributed by atoms with Gasteiger partial charge in [0.15, 0.2) is 0 Å². The van der Waals surface area contributed by atoms with Crippen molar-refractivity contribution >= 4 is 59.4 Å². The van der Waals surface area contributed by atoms with Gasteiger partial charge in [0.1, 0.15) is 11.9 Å². The first-order valence-electron chi connectivity index (χ1n) is 5.83. The molecule has 1 aliphatic carbocycles. The lowest BCUT2D eigenvalue weighted by Crippen LogP contribution is -2.55. The Morgan fingerprint density at radius 1 is 1.33 bits per heavy atom. The van der Waals surface area contributed by atoms with E-state index in [1.807, 2.05) is 12.1 Å². The van der Waals surface area contributed by atoms with Crippen molar-refractivity contribution in [3.63, 3.8) is 0 Å². The molecule has 0 bridgehead atoms. The second-order valence-electron chi connectivity index (χ2n) is 4.87. The Hall–Kier alpha value is 0.750. The zero-order valence-electron chi connectivity index (χ0n) is 10.1. The van der Waals surface area contributed by atoms with Gasteiger partial charge in [-0.2, -0.15) is 0 Å². The van der Waals surface area contributed by atoms with Gasteiger partial charge in [-0.25, -0.2) is 0 Å². The van der Waals surface area contributed by atoms with Crippen LogP contribution in [0.25, 0.3) is 0 Å². The minimum Gasteiger partial charge on any atom is -0.487 e. The van der Waals surface area contributed by atoms with Crippen molar-refractivity contribution in [2.75, 3.05) is 0 Å². The minimum atomic E-state index is 0.0630. The van der Waals surface area contributed by atoms with Crippen LogP contribution < -0.4 is 4.74 Å². The van der Waals surface area contributed by atoms with E-state index in [2.05, 4.69) is 61.6 Å². The number of hydrogen-bond acceptors (Lipinski definition) is 1. The summed E-state index contributed by atoms with van der Waals surface area (Å²) in [6, 6.07) is 3.97. The quantitative estimate of drug-likeness (QED) is 0.491. The fourth-order valence-electron chi connectivity index (χ4n) is 2.18. The summed E-state index contributed by atoms with van der Waals surface area (Å²) in [5, 5.41) is 0.209. The molecule has 3 unspecified atom stereocenters. The first-order valence-corrected chi connectivity index (χ1v) is 8.65. The number of halogens is 4. The van der Waals surface area contributed by atoms with Crippen LogP contribution in [0.4, 0.5) is 0 Å². The van der Waals surface area contributed by atoms with Gasteiger partial charge < -0.3 is 4.74 Å². The lowest BCUT2D eigenvalue weighted by atomic mass is 9.65. The Kier molecular flexibility index (Phi) is 4.73. The molecule has 1 saturated carbocycles. The van der Waals surface area contributed by atoms with Crippen molar-refractivity contribution in [2.24, 2.45) is 5.41 Å². The molecule has 0 spiro atoms. The van der Waals surface area contributed by atoms with Gasteiger partial charge in [0, 0.05) is 21.7 Å². The van der Waals surface area contributed by atoms with Crippen LogP contribution in [0, 0.1) is 5.41 Å². The number of benzene rings is 1. The summed E-state index contributed by atoms with van der Waals surface area (Å²) in [4.78, 5) is 0. The van der Waals surface area contributed by atoms with Crippen LogP contribution in [-0.4, -0.2) is 11.5 Å².